The van der Waals surface area contributed by atoms with Crippen molar-refractivity contribution >= 4 is 17.3 Å². The fraction of sp³-hybridized carbons (Fsp3) is 0.500. The Morgan fingerprint density at radius 2 is 2.23 bits per heavy atom. The van der Waals surface area contributed by atoms with Crippen LogP contribution < -0.4 is 10.6 Å². The molecule has 0 bridgehead atoms. The summed E-state index contributed by atoms with van der Waals surface area (Å²) in [5.41, 5.74) is 3.51. The maximum atomic E-state index is 5.18. The Balaban J connectivity index is 1.76. The van der Waals surface area contributed by atoms with E-state index in [2.05, 4.69) is 44.5 Å². The van der Waals surface area contributed by atoms with Crippen molar-refractivity contribution in [2.45, 2.75) is 33.1 Å². The standard InChI is InChI=1S/C16H24N4OS/c1-11(14-6-8-22-10-14)9-19-16(17-4)18-7-5-15-12(2)20-21-13(15)3/h6,8,10-11H,5,7,9H2,1-4H3,(H2,17,18,19). The summed E-state index contributed by atoms with van der Waals surface area (Å²) in [5, 5.41) is 15.0. The maximum absolute atomic E-state index is 5.18. The fourth-order valence-corrected chi connectivity index (χ4v) is 3.09. The molecule has 6 heteroatoms. The Bertz CT molecular complexity index is 584. The summed E-state index contributed by atoms with van der Waals surface area (Å²) < 4.78 is 5.18. The third-order valence-electron chi connectivity index (χ3n) is 3.76. The minimum atomic E-state index is 0.465. The van der Waals surface area contributed by atoms with Crippen LogP contribution in [0.4, 0.5) is 0 Å². The average molecular weight is 320 g/mol. The van der Waals surface area contributed by atoms with Gasteiger partial charge in [-0.2, -0.15) is 11.3 Å². The van der Waals surface area contributed by atoms with Crippen molar-refractivity contribution in [3.05, 3.63) is 39.4 Å². The molecule has 0 spiro atoms. The first-order valence-corrected chi connectivity index (χ1v) is 8.44. The summed E-state index contributed by atoms with van der Waals surface area (Å²) in [6.07, 6.45) is 0.877. The van der Waals surface area contributed by atoms with Gasteiger partial charge in [-0.05, 0) is 48.6 Å². The number of nitrogens with one attached hydrogen (secondary N) is 2. The van der Waals surface area contributed by atoms with Crippen LogP contribution in [0.15, 0.2) is 26.3 Å². The molecule has 1 atom stereocenters. The molecule has 2 heterocycles. The largest absolute Gasteiger partial charge is 0.361 e. The summed E-state index contributed by atoms with van der Waals surface area (Å²) >= 11 is 1.73. The molecule has 120 valence electrons. The molecule has 22 heavy (non-hydrogen) atoms. The zero-order chi connectivity index (χ0) is 15.9. The van der Waals surface area contributed by atoms with Crippen molar-refractivity contribution in [1.29, 1.82) is 0 Å². The first-order valence-electron chi connectivity index (χ1n) is 7.50. The van der Waals surface area contributed by atoms with Gasteiger partial charge in [-0.3, -0.25) is 4.99 Å². The van der Waals surface area contributed by atoms with Gasteiger partial charge < -0.3 is 15.2 Å². The van der Waals surface area contributed by atoms with E-state index in [4.69, 9.17) is 4.52 Å². The molecule has 2 N–H and O–H groups in total. The van der Waals surface area contributed by atoms with Crippen LogP contribution >= 0.6 is 11.3 Å². The third kappa shape index (κ3) is 4.34. The highest BCUT2D eigenvalue weighted by Crippen LogP contribution is 2.17. The van der Waals surface area contributed by atoms with E-state index in [1.165, 1.54) is 11.1 Å². The van der Waals surface area contributed by atoms with Crippen LogP contribution in [0.1, 0.15) is 35.4 Å². The van der Waals surface area contributed by atoms with Crippen LogP contribution in [0.25, 0.3) is 0 Å². The van der Waals surface area contributed by atoms with E-state index in [1.54, 1.807) is 18.4 Å². The van der Waals surface area contributed by atoms with Crippen LogP contribution in [-0.2, 0) is 6.42 Å². The van der Waals surface area contributed by atoms with E-state index in [0.717, 1.165) is 36.9 Å². The first kappa shape index (κ1) is 16.5. The second-order valence-corrected chi connectivity index (χ2v) is 6.17. The topological polar surface area (TPSA) is 62.5 Å². The molecule has 0 amide bonds. The molecule has 2 aromatic heterocycles. The monoisotopic (exact) mass is 320 g/mol. The Kier molecular flexibility index (Phi) is 6.00. The van der Waals surface area contributed by atoms with Gasteiger partial charge in [0.05, 0.1) is 5.69 Å². The lowest BCUT2D eigenvalue weighted by Crippen LogP contribution is -2.39. The van der Waals surface area contributed by atoms with E-state index in [9.17, 15) is 0 Å². The van der Waals surface area contributed by atoms with Gasteiger partial charge in [0.25, 0.3) is 0 Å². The summed E-state index contributed by atoms with van der Waals surface area (Å²) in [6, 6.07) is 2.17. The lowest BCUT2D eigenvalue weighted by atomic mass is 10.1. The van der Waals surface area contributed by atoms with Crippen LogP contribution in [0, 0.1) is 13.8 Å². The number of guanidine groups is 1. The van der Waals surface area contributed by atoms with Gasteiger partial charge in [0, 0.05) is 25.7 Å². The first-order chi connectivity index (χ1) is 10.6. The Morgan fingerprint density at radius 3 is 2.82 bits per heavy atom. The number of rotatable bonds is 6. The van der Waals surface area contributed by atoms with E-state index in [0.29, 0.717) is 5.92 Å². The number of aryl methyl sites for hydroxylation is 2. The molecule has 0 radical (unpaired) electrons. The number of hydrogen-bond donors (Lipinski definition) is 2. The molecule has 0 aliphatic carbocycles. The second kappa shape index (κ2) is 7.98. The van der Waals surface area contributed by atoms with Crippen molar-refractivity contribution in [3.8, 4) is 0 Å². The molecule has 1 unspecified atom stereocenters. The smallest absolute Gasteiger partial charge is 0.191 e. The van der Waals surface area contributed by atoms with Gasteiger partial charge in [0.1, 0.15) is 5.76 Å². The second-order valence-electron chi connectivity index (χ2n) is 5.39. The number of thiophene rings is 1. The van der Waals surface area contributed by atoms with Crippen molar-refractivity contribution in [2.75, 3.05) is 20.1 Å². The fourth-order valence-electron chi connectivity index (χ4n) is 2.31. The van der Waals surface area contributed by atoms with Crippen molar-refractivity contribution in [1.82, 2.24) is 15.8 Å². The lowest BCUT2D eigenvalue weighted by molar-refractivity contribution is 0.392. The molecule has 2 rings (SSSR count). The maximum Gasteiger partial charge on any atom is 0.191 e. The van der Waals surface area contributed by atoms with Crippen LogP contribution in [-0.4, -0.2) is 31.3 Å². The van der Waals surface area contributed by atoms with Crippen LogP contribution in [0.5, 0.6) is 0 Å². The van der Waals surface area contributed by atoms with Crippen molar-refractivity contribution in [3.63, 3.8) is 0 Å². The summed E-state index contributed by atoms with van der Waals surface area (Å²) in [4.78, 5) is 4.26. The quantitative estimate of drug-likeness (QED) is 0.634. The number of aromatic nitrogens is 1. The van der Waals surface area contributed by atoms with E-state index >= 15 is 0 Å². The van der Waals surface area contributed by atoms with Crippen molar-refractivity contribution in [2.24, 2.45) is 4.99 Å². The molecule has 0 fully saturated rings. The summed E-state index contributed by atoms with van der Waals surface area (Å²) in [6.45, 7) is 7.80. The average Bonchev–Trinajstić information content (AvgIpc) is 3.15. The number of nitrogens with zero attached hydrogens (tertiary/aromatic N) is 2. The van der Waals surface area contributed by atoms with Gasteiger partial charge >= 0.3 is 0 Å². The lowest BCUT2D eigenvalue weighted by Gasteiger charge is -2.15. The van der Waals surface area contributed by atoms with Crippen LogP contribution in [0.2, 0.25) is 0 Å². The van der Waals surface area contributed by atoms with E-state index in [1.807, 2.05) is 13.8 Å². The molecule has 0 aliphatic heterocycles. The molecule has 0 saturated carbocycles. The minimum absolute atomic E-state index is 0.465. The summed E-state index contributed by atoms with van der Waals surface area (Å²) in [7, 11) is 1.79. The highest BCUT2D eigenvalue weighted by atomic mass is 32.1. The minimum Gasteiger partial charge on any atom is -0.361 e. The van der Waals surface area contributed by atoms with E-state index in [-0.39, 0.29) is 0 Å². The Labute approximate surface area is 135 Å². The molecule has 0 aromatic carbocycles. The molecular formula is C16H24N4OS. The molecule has 0 saturated heterocycles. The third-order valence-corrected chi connectivity index (χ3v) is 4.46. The molecule has 5 nitrogen and oxygen atoms in total. The molecule has 0 aliphatic rings. The SMILES string of the molecule is CN=C(NCCc1c(C)noc1C)NCC(C)c1ccsc1. The normalized spacial score (nSPS) is 13.2. The highest BCUT2D eigenvalue weighted by molar-refractivity contribution is 7.07. The Morgan fingerprint density at radius 1 is 1.41 bits per heavy atom. The van der Waals surface area contributed by atoms with E-state index < -0.39 is 0 Å². The molecule has 2 aromatic rings. The molecular weight excluding hydrogens is 296 g/mol. The summed E-state index contributed by atoms with van der Waals surface area (Å²) in [5.74, 6) is 2.19. The highest BCUT2D eigenvalue weighted by Gasteiger charge is 2.09. The van der Waals surface area contributed by atoms with Gasteiger partial charge in [-0.1, -0.05) is 12.1 Å². The Hall–Kier alpha value is -1.82. The number of aliphatic imine (C=N–C) groups is 1. The van der Waals surface area contributed by atoms with Gasteiger partial charge in [0.2, 0.25) is 0 Å². The van der Waals surface area contributed by atoms with Gasteiger partial charge in [0.15, 0.2) is 5.96 Å². The number of hydrogen-bond acceptors (Lipinski definition) is 4. The zero-order valence-corrected chi connectivity index (χ0v) is 14.5. The predicted molar refractivity (Wildman–Crippen MR) is 91.8 cm³/mol. The van der Waals surface area contributed by atoms with Crippen molar-refractivity contribution < 1.29 is 4.52 Å². The van der Waals surface area contributed by atoms with Gasteiger partial charge in [-0.25, -0.2) is 0 Å². The van der Waals surface area contributed by atoms with Gasteiger partial charge in [-0.15, -0.1) is 0 Å². The zero-order valence-electron chi connectivity index (χ0n) is 13.6. The van der Waals surface area contributed by atoms with Crippen LogP contribution in [0.3, 0.4) is 0 Å². The predicted octanol–water partition coefficient (Wildman–Crippen LogP) is 2.86.